The Morgan fingerprint density at radius 1 is 1.17 bits per heavy atom. The summed E-state index contributed by atoms with van der Waals surface area (Å²) in [6.07, 6.45) is 2.05. The van der Waals surface area contributed by atoms with Crippen LogP contribution >= 0.6 is 11.6 Å². The number of aromatic nitrogens is 2. The van der Waals surface area contributed by atoms with Crippen molar-refractivity contribution in [2.75, 3.05) is 26.2 Å². The van der Waals surface area contributed by atoms with Crippen molar-refractivity contribution >= 4 is 28.8 Å². The number of nitro groups is 1. The molecule has 1 aromatic carbocycles. The van der Waals surface area contributed by atoms with E-state index in [2.05, 4.69) is 39.5 Å². The van der Waals surface area contributed by atoms with E-state index in [0.29, 0.717) is 18.7 Å². The van der Waals surface area contributed by atoms with Crippen LogP contribution in [-0.4, -0.2) is 56.2 Å². The first-order chi connectivity index (χ1) is 14.3. The molecule has 4 rings (SSSR count). The molecule has 156 valence electrons. The van der Waals surface area contributed by atoms with Gasteiger partial charge >= 0.3 is 0 Å². The number of non-ortho nitro benzene ring substituents is 1. The van der Waals surface area contributed by atoms with Crippen molar-refractivity contribution < 1.29 is 9.72 Å². The molecule has 0 aliphatic carbocycles. The molecule has 2 aromatic heterocycles. The second-order valence-electron chi connectivity index (χ2n) is 7.57. The Morgan fingerprint density at radius 2 is 1.90 bits per heavy atom. The molecule has 1 saturated heterocycles. The molecule has 9 heteroatoms. The van der Waals surface area contributed by atoms with Gasteiger partial charge in [0.25, 0.3) is 11.6 Å². The fourth-order valence-corrected chi connectivity index (χ4v) is 4.04. The van der Waals surface area contributed by atoms with Crippen LogP contribution in [0.4, 0.5) is 5.69 Å². The third-order valence-electron chi connectivity index (χ3n) is 5.51. The maximum absolute atomic E-state index is 12.8. The number of benzene rings is 1. The second kappa shape index (κ2) is 8.04. The van der Waals surface area contributed by atoms with E-state index in [0.717, 1.165) is 36.7 Å². The van der Waals surface area contributed by atoms with Crippen molar-refractivity contribution in [1.29, 1.82) is 0 Å². The number of piperazine rings is 1. The fraction of sp³-hybridized carbons (Fsp3) is 0.333. The van der Waals surface area contributed by atoms with E-state index in [4.69, 9.17) is 11.6 Å². The van der Waals surface area contributed by atoms with Gasteiger partial charge in [0.15, 0.2) is 0 Å². The third kappa shape index (κ3) is 3.88. The minimum atomic E-state index is -0.525. The molecule has 8 nitrogen and oxygen atoms in total. The normalized spacial score (nSPS) is 15.0. The van der Waals surface area contributed by atoms with Gasteiger partial charge in [-0.1, -0.05) is 11.6 Å². The van der Waals surface area contributed by atoms with Crippen molar-refractivity contribution in [2.45, 2.75) is 20.4 Å². The summed E-state index contributed by atoms with van der Waals surface area (Å²) in [6.45, 7) is 7.44. The number of nitro benzene ring substituents is 1. The summed E-state index contributed by atoms with van der Waals surface area (Å²) in [5.74, 6) is -0.198. The smallest absolute Gasteiger partial charge is 0.270 e. The van der Waals surface area contributed by atoms with Gasteiger partial charge in [-0.3, -0.25) is 19.8 Å². The fourth-order valence-electron chi connectivity index (χ4n) is 3.79. The monoisotopic (exact) mass is 427 g/mol. The summed E-state index contributed by atoms with van der Waals surface area (Å²) < 4.78 is 2.12. The molecule has 3 heterocycles. The van der Waals surface area contributed by atoms with E-state index in [1.54, 1.807) is 4.90 Å². The summed E-state index contributed by atoms with van der Waals surface area (Å²) in [4.78, 5) is 31.9. The summed E-state index contributed by atoms with van der Waals surface area (Å²) >= 11 is 6.12. The zero-order valence-corrected chi connectivity index (χ0v) is 17.6. The largest absolute Gasteiger partial charge is 0.336 e. The maximum Gasteiger partial charge on any atom is 0.270 e. The van der Waals surface area contributed by atoms with Gasteiger partial charge in [0.1, 0.15) is 5.65 Å². The summed E-state index contributed by atoms with van der Waals surface area (Å²) in [6, 6.07) is 8.10. The van der Waals surface area contributed by atoms with E-state index < -0.39 is 4.92 Å². The van der Waals surface area contributed by atoms with Crippen molar-refractivity contribution in [3.05, 3.63) is 74.2 Å². The van der Waals surface area contributed by atoms with Crippen LogP contribution in [0.5, 0.6) is 0 Å². The molecule has 1 amide bonds. The van der Waals surface area contributed by atoms with Crippen LogP contribution in [0, 0.1) is 24.0 Å². The highest BCUT2D eigenvalue weighted by Crippen LogP contribution is 2.24. The molecule has 1 aliphatic rings. The highest BCUT2D eigenvalue weighted by molar-refractivity contribution is 6.34. The van der Waals surface area contributed by atoms with E-state index in [-0.39, 0.29) is 16.6 Å². The first kappa shape index (κ1) is 20.3. The van der Waals surface area contributed by atoms with Crippen LogP contribution in [0.15, 0.2) is 36.5 Å². The molecule has 0 saturated carbocycles. The number of carbonyl (C=O) groups excluding carboxylic acids is 1. The average Bonchev–Trinajstić information content (AvgIpc) is 3.02. The zero-order valence-electron chi connectivity index (χ0n) is 16.8. The first-order valence-corrected chi connectivity index (χ1v) is 10.1. The van der Waals surface area contributed by atoms with Gasteiger partial charge in [0, 0.05) is 51.1 Å². The predicted octanol–water partition coefficient (Wildman–Crippen LogP) is 3.47. The highest BCUT2D eigenvalue weighted by atomic mass is 35.5. The zero-order chi connectivity index (χ0) is 21.4. The molecule has 0 spiro atoms. The number of hydrogen-bond acceptors (Lipinski definition) is 5. The average molecular weight is 428 g/mol. The molecule has 3 aromatic rings. The van der Waals surface area contributed by atoms with Crippen LogP contribution in [0.3, 0.4) is 0 Å². The number of fused-ring (bicyclic) bond motifs is 1. The topological polar surface area (TPSA) is 84.0 Å². The molecule has 30 heavy (non-hydrogen) atoms. The van der Waals surface area contributed by atoms with Crippen molar-refractivity contribution in [3.63, 3.8) is 0 Å². The Balaban J connectivity index is 1.43. The Bertz CT molecular complexity index is 1140. The van der Waals surface area contributed by atoms with E-state index >= 15 is 0 Å². The van der Waals surface area contributed by atoms with Crippen LogP contribution < -0.4 is 0 Å². The van der Waals surface area contributed by atoms with Crippen LogP contribution in [0.1, 0.15) is 27.3 Å². The van der Waals surface area contributed by atoms with E-state index in [1.807, 2.05) is 6.92 Å². The number of carbonyl (C=O) groups is 1. The number of amides is 1. The number of nitrogens with zero attached hydrogens (tertiary/aromatic N) is 5. The Labute approximate surface area is 178 Å². The molecule has 0 radical (unpaired) electrons. The lowest BCUT2D eigenvalue weighted by Gasteiger charge is -2.34. The van der Waals surface area contributed by atoms with Gasteiger partial charge in [-0.15, -0.1) is 0 Å². The Hall–Kier alpha value is -2.97. The van der Waals surface area contributed by atoms with Crippen LogP contribution in [-0.2, 0) is 6.54 Å². The number of pyridine rings is 1. The molecular weight excluding hydrogens is 406 g/mol. The number of hydrogen-bond donors (Lipinski definition) is 0. The van der Waals surface area contributed by atoms with Gasteiger partial charge in [0.2, 0.25) is 0 Å². The highest BCUT2D eigenvalue weighted by Gasteiger charge is 2.25. The van der Waals surface area contributed by atoms with Gasteiger partial charge < -0.3 is 9.30 Å². The minimum absolute atomic E-state index is 0.105. The van der Waals surface area contributed by atoms with E-state index in [1.165, 1.54) is 23.8 Å². The third-order valence-corrected chi connectivity index (χ3v) is 5.82. The number of rotatable bonds is 4. The quantitative estimate of drug-likeness (QED) is 0.470. The Morgan fingerprint density at radius 3 is 2.57 bits per heavy atom. The lowest BCUT2D eigenvalue weighted by molar-refractivity contribution is -0.384. The SMILES string of the molecule is Cc1ccn2c(CN3CCN(C(=O)c4ccc([N+](=O)[O-])cc4Cl)CC3)c(C)nc2c1. The van der Waals surface area contributed by atoms with Gasteiger partial charge in [-0.05, 0) is 37.6 Å². The standard InChI is InChI=1S/C21H22ClN5O3/c1-14-5-6-26-19(15(2)23-20(26)11-14)13-24-7-9-25(10-8-24)21(28)17-4-3-16(27(29)30)12-18(17)22/h3-6,11-12H,7-10,13H2,1-2H3. The van der Waals surface area contributed by atoms with Crippen molar-refractivity contribution in [2.24, 2.45) is 0 Å². The maximum atomic E-state index is 12.8. The lowest BCUT2D eigenvalue weighted by atomic mass is 10.1. The molecule has 1 fully saturated rings. The predicted molar refractivity (Wildman–Crippen MR) is 114 cm³/mol. The van der Waals surface area contributed by atoms with Gasteiger partial charge in [-0.2, -0.15) is 0 Å². The molecule has 0 unspecified atom stereocenters. The van der Waals surface area contributed by atoms with Gasteiger partial charge in [0.05, 0.1) is 26.9 Å². The van der Waals surface area contributed by atoms with E-state index in [9.17, 15) is 14.9 Å². The molecule has 0 bridgehead atoms. The summed E-state index contributed by atoms with van der Waals surface area (Å²) in [7, 11) is 0. The van der Waals surface area contributed by atoms with Crippen LogP contribution in [0.2, 0.25) is 5.02 Å². The molecule has 0 N–H and O–H groups in total. The number of halogens is 1. The summed E-state index contributed by atoms with van der Waals surface area (Å²) in [5, 5.41) is 11.0. The Kier molecular flexibility index (Phi) is 5.44. The first-order valence-electron chi connectivity index (χ1n) is 9.73. The van der Waals surface area contributed by atoms with Crippen LogP contribution in [0.25, 0.3) is 5.65 Å². The molecule has 0 atom stereocenters. The second-order valence-corrected chi connectivity index (χ2v) is 7.97. The molecular formula is C21H22ClN5O3. The van der Waals surface area contributed by atoms with Crippen molar-refractivity contribution in [1.82, 2.24) is 19.2 Å². The lowest BCUT2D eigenvalue weighted by Crippen LogP contribution is -2.48. The summed E-state index contributed by atoms with van der Waals surface area (Å²) in [5.41, 5.74) is 4.46. The van der Waals surface area contributed by atoms with Crippen molar-refractivity contribution in [3.8, 4) is 0 Å². The minimum Gasteiger partial charge on any atom is -0.336 e. The van der Waals surface area contributed by atoms with Gasteiger partial charge in [-0.25, -0.2) is 4.98 Å². The number of imidazole rings is 1. The number of aryl methyl sites for hydroxylation is 2. The molecule has 1 aliphatic heterocycles.